The van der Waals surface area contributed by atoms with Crippen molar-refractivity contribution in [1.29, 1.82) is 0 Å². The van der Waals surface area contributed by atoms with Crippen LogP contribution in [0.25, 0.3) is 0 Å². The molecule has 0 radical (unpaired) electrons. The van der Waals surface area contributed by atoms with Crippen LogP contribution in [0.1, 0.15) is 64.0 Å². The van der Waals surface area contributed by atoms with Crippen molar-refractivity contribution in [3.63, 3.8) is 0 Å². The fourth-order valence-electron chi connectivity index (χ4n) is 3.40. The molecule has 0 bridgehead atoms. The quantitative estimate of drug-likeness (QED) is 0.821. The highest BCUT2D eigenvalue weighted by atomic mass is 19.1. The Balaban J connectivity index is 2.17. The van der Waals surface area contributed by atoms with E-state index >= 15 is 0 Å². The average molecular weight is 291 g/mol. The number of nitrogens with one attached hydrogen (secondary N) is 1. The molecule has 1 aliphatic carbocycles. The molecule has 1 N–H and O–H groups in total. The van der Waals surface area contributed by atoms with Crippen LogP contribution in [0.15, 0.2) is 18.2 Å². The Kier molecular flexibility index (Phi) is 5.08. The lowest BCUT2D eigenvalue weighted by molar-refractivity contribution is 0.165. The minimum absolute atomic E-state index is 0.106. The minimum Gasteiger partial charge on any atom is -0.312 e. The number of rotatable bonds is 4. The Morgan fingerprint density at radius 2 is 1.81 bits per heavy atom. The van der Waals surface area contributed by atoms with E-state index in [4.69, 9.17) is 0 Å². The van der Waals surface area contributed by atoms with Crippen molar-refractivity contribution in [3.8, 4) is 0 Å². The molecule has 1 nitrogen and oxygen atoms in total. The average Bonchev–Trinajstić information content (AvgIpc) is 2.41. The molecular weight excluding hydrogens is 261 g/mol. The molecule has 118 valence electrons. The van der Waals surface area contributed by atoms with E-state index in [1.165, 1.54) is 43.2 Å². The molecule has 0 aliphatic heterocycles. The molecule has 2 heteroatoms. The molecule has 0 amide bonds. The molecule has 2 rings (SSSR count). The summed E-state index contributed by atoms with van der Waals surface area (Å²) >= 11 is 0. The van der Waals surface area contributed by atoms with Gasteiger partial charge in [-0.15, -0.1) is 0 Å². The molecule has 1 aromatic carbocycles. The Morgan fingerprint density at radius 3 is 2.43 bits per heavy atom. The van der Waals surface area contributed by atoms with Crippen molar-refractivity contribution in [3.05, 3.63) is 35.1 Å². The van der Waals surface area contributed by atoms with E-state index in [9.17, 15) is 4.39 Å². The van der Waals surface area contributed by atoms with Gasteiger partial charge in [-0.1, -0.05) is 25.3 Å². The second-order valence-electron chi connectivity index (χ2n) is 7.91. The monoisotopic (exact) mass is 291 g/mol. The predicted molar refractivity (Wildman–Crippen MR) is 88.1 cm³/mol. The highest BCUT2D eigenvalue weighted by Crippen LogP contribution is 2.39. The molecule has 1 aromatic rings. The van der Waals surface area contributed by atoms with Crippen molar-refractivity contribution >= 4 is 0 Å². The van der Waals surface area contributed by atoms with Crippen molar-refractivity contribution in [1.82, 2.24) is 5.32 Å². The Morgan fingerprint density at radius 1 is 1.14 bits per heavy atom. The summed E-state index contributed by atoms with van der Waals surface area (Å²) in [6.45, 7) is 9.79. The van der Waals surface area contributed by atoms with Crippen molar-refractivity contribution in [2.24, 2.45) is 5.41 Å². The van der Waals surface area contributed by atoms with Crippen LogP contribution in [-0.4, -0.2) is 12.1 Å². The summed E-state index contributed by atoms with van der Waals surface area (Å²) in [6, 6.07) is 5.22. The number of hydrogen-bond donors (Lipinski definition) is 1. The van der Waals surface area contributed by atoms with Crippen molar-refractivity contribution in [2.45, 2.75) is 71.8 Å². The van der Waals surface area contributed by atoms with Gasteiger partial charge in [0.1, 0.15) is 5.82 Å². The van der Waals surface area contributed by atoms with E-state index in [0.29, 0.717) is 5.41 Å². The van der Waals surface area contributed by atoms with Crippen LogP contribution in [0.3, 0.4) is 0 Å². The summed E-state index contributed by atoms with van der Waals surface area (Å²) in [6.07, 6.45) is 7.47. The third-order valence-electron chi connectivity index (χ3n) is 4.78. The fraction of sp³-hybridized carbons (Fsp3) is 0.684. The first-order chi connectivity index (χ1) is 9.80. The Bertz CT molecular complexity index is 467. The summed E-state index contributed by atoms with van der Waals surface area (Å²) in [7, 11) is 0. The highest BCUT2D eigenvalue weighted by molar-refractivity contribution is 5.28. The van der Waals surface area contributed by atoms with Crippen LogP contribution >= 0.6 is 0 Å². The van der Waals surface area contributed by atoms with E-state index in [-0.39, 0.29) is 11.4 Å². The van der Waals surface area contributed by atoms with Gasteiger partial charge in [0, 0.05) is 12.1 Å². The summed E-state index contributed by atoms with van der Waals surface area (Å²) in [4.78, 5) is 0. The maximum Gasteiger partial charge on any atom is 0.123 e. The van der Waals surface area contributed by atoms with Gasteiger partial charge in [0.25, 0.3) is 0 Å². The normalized spacial score (nSPS) is 18.7. The van der Waals surface area contributed by atoms with E-state index in [2.05, 4.69) is 33.0 Å². The summed E-state index contributed by atoms with van der Waals surface area (Å²) < 4.78 is 13.6. The molecule has 1 fully saturated rings. The first-order valence-electron chi connectivity index (χ1n) is 8.30. The van der Waals surface area contributed by atoms with Gasteiger partial charge in [0.05, 0.1) is 0 Å². The largest absolute Gasteiger partial charge is 0.312 e. The van der Waals surface area contributed by atoms with E-state index in [1.807, 2.05) is 6.07 Å². The minimum atomic E-state index is -0.106. The lowest BCUT2D eigenvalue weighted by Crippen LogP contribution is -2.45. The van der Waals surface area contributed by atoms with Gasteiger partial charge in [0.15, 0.2) is 0 Å². The smallest absolute Gasteiger partial charge is 0.123 e. The third kappa shape index (κ3) is 4.81. The lowest BCUT2D eigenvalue weighted by Gasteiger charge is -2.40. The summed E-state index contributed by atoms with van der Waals surface area (Å²) in [5, 5.41) is 3.69. The first kappa shape index (κ1) is 16.5. The SMILES string of the molecule is Cc1ccc(F)cc1CC1(CNC(C)(C)C)CCCCC1. The van der Waals surface area contributed by atoms with E-state index in [0.717, 1.165) is 13.0 Å². The molecule has 0 atom stereocenters. The molecule has 0 aromatic heterocycles. The van der Waals surface area contributed by atoms with Crippen LogP contribution < -0.4 is 5.32 Å². The number of benzene rings is 1. The van der Waals surface area contributed by atoms with Gasteiger partial charge in [-0.05, 0) is 75.6 Å². The number of halogens is 1. The molecule has 21 heavy (non-hydrogen) atoms. The molecule has 0 heterocycles. The lowest BCUT2D eigenvalue weighted by atomic mass is 9.69. The zero-order valence-corrected chi connectivity index (χ0v) is 14.1. The highest BCUT2D eigenvalue weighted by Gasteiger charge is 2.33. The van der Waals surface area contributed by atoms with Gasteiger partial charge in [-0.25, -0.2) is 4.39 Å². The standard InChI is InChI=1S/C19H30FN/c1-15-8-9-17(20)12-16(15)13-19(10-6-5-7-11-19)14-21-18(2,3)4/h8-9,12,21H,5-7,10-11,13-14H2,1-4H3. The fourth-order valence-corrected chi connectivity index (χ4v) is 3.40. The van der Waals surface area contributed by atoms with Gasteiger partial charge in [0.2, 0.25) is 0 Å². The van der Waals surface area contributed by atoms with Gasteiger partial charge < -0.3 is 5.32 Å². The molecule has 0 spiro atoms. The number of hydrogen-bond acceptors (Lipinski definition) is 1. The van der Waals surface area contributed by atoms with Crippen LogP contribution in [0.5, 0.6) is 0 Å². The predicted octanol–water partition coefficient (Wildman–Crippen LogP) is 5.02. The van der Waals surface area contributed by atoms with Crippen LogP contribution in [0.4, 0.5) is 4.39 Å². The molecule has 1 saturated carbocycles. The number of aryl methyl sites for hydroxylation is 1. The Labute approximate surface area is 129 Å². The maximum atomic E-state index is 13.6. The topological polar surface area (TPSA) is 12.0 Å². The molecule has 0 unspecified atom stereocenters. The maximum absolute atomic E-state index is 13.6. The molecule has 1 aliphatic rings. The van der Waals surface area contributed by atoms with Crippen LogP contribution in [-0.2, 0) is 6.42 Å². The van der Waals surface area contributed by atoms with Crippen molar-refractivity contribution in [2.75, 3.05) is 6.54 Å². The zero-order chi connectivity index (χ0) is 15.5. The summed E-state index contributed by atoms with van der Waals surface area (Å²) in [5.41, 5.74) is 2.84. The van der Waals surface area contributed by atoms with Gasteiger partial charge in [-0.2, -0.15) is 0 Å². The molecular formula is C19H30FN. The van der Waals surface area contributed by atoms with Crippen LogP contribution in [0.2, 0.25) is 0 Å². The van der Waals surface area contributed by atoms with Gasteiger partial charge in [-0.3, -0.25) is 0 Å². The van der Waals surface area contributed by atoms with Crippen molar-refractivity contribution < 1.29 is 4.39 Å². The summed E-state index contributed by atoms with van der Waals surface area (Å²) in [5.74, 6) is -0.106. The first-order valence-corrected chi connectivity index (χ1v) is 8.30. The van der Waals surface area contributed by atoms with Gasteiger partial charge >= 0.3 is 0 Å². The second kappa shape index (κ2) is 6.48. The molecule has 0 saturated heterocycles. The Hall–Kier alpha value is -0.890. The second-order valence-corrected chi connectivity index (χ2v) is 7.91. The van der Waals surface area contributed by atoms with Crippen LogP contribution in [0, 0.1) is 18.2 Å². The zero-order valence-electron chi connectivity index (χ0n) is 14.1. The van der Waals surface area contributed by atoms with E-state index < -0.39 is 0 Å². The third-order valence-corrected chi connectivity index (χ3v) is 4.78. The van der Waals surface area contributed by atoms with E-state index in [1.54, 1.807) is 12.1 Å².